The first-order chi connectivity index (χ1) is 9.95. The van der Waals surface area contributed by atoms with E-state index in [-0.39, 0.29) is 5.69 Å². The molecule has 4 N–H and O–H groups in total. The molecular formula is C11H17N5O4S. The van der Waals surface area contributed by atoms with Gasteiger partial charge in [0, 0.05) is 13.1 Å². The van der Waals surface area contributed by atoms with Crippen LogP contribution in [0.15, 0.2) is 23.1 Å². The molecular weight excluding hydrogens is 298 g/mol. The highest BCUT2D eigenvalue weighted by Crippen LogP contribution is 2.31. The SMILES string of the molecule is NNc1cccc(S(=O)(=O)NN2CCCCC2)c1[N+](=O)[O-]. The van der Waals surface area contributed by atoms with Crippen LogP contribution in [0.25, 0.3) is 0 Å². The zero-order valence-electron chi connectivity index (χ0n) is 11.3. The maximum absolute atomic E-state index is 12.4. The number of anilines is 1. The fourth-order valence-corrected chi connectivity index (χ4v) is 3.57. The van der Waals surface area contributed by atoms with E-state index in [9.17, 15) is 18.5 Å². The molecule has 1 heterocycles. The van der Waals surface area contributed by atoms with Gasteiger partial charge in [-0.15, -0.1) is 4.83 Å². The van der Waals surface area contributed by atoms with Crippen LogP contribution in [0.4, 0.5) is 11.4 Å². The molecule has 0 aliphatic carbocycles. The lowest BCUT2D eigenvalue weighted by Crippen LogP contribution is -2.45. The average Bonchev–Trinajstić information content (AvgIpc) is 2.46. The molecule has 1 aliphatic rings. The lowest BCUT2D eigenvalue weighted by Gasteiger charge is -2.26. The van der Waals surface area contributed by atoms with Crippen LogP contribution in [0.5, 0.6) is 0 Å². The maximum Gasteiger partial charge on any atom is 0.313 e. The Hall–Kier alpha value is -1.75. The lowest BCUT2D eigenvalue weighted by atomic mass is 10.2. The van der Waals surface area contributed by atoms with Crippen molar-refractivity contribution in [2.75, 3.05) is 18.5 Å². The first kappa shape index (κ1) is 15.6. The topological polar surface area (TPSA) is 131 Å². The van der Waals surface area contributed by atoms with Gasteiger partial charge in [-0.1, -0.05) is 12.5 Å². The summed E-state index contributed by atoms with van der Waals surface area (Å²) in [4.78, 5) is 12.4. The number of para-hydroxylation sites is 1. The van der Waals surface area contributed by atoms with Gasteiger partial charge in [-0.3, -0.25) is 16.0 Å². The predicted octanol–water partition coefficient (Wildman–Crippen LogP) is 0.560. The van der Waals surface area contributed by atoms with Gasteiger partial charge >= 0.3 is 5.69 Å². The number of sulfonamides is 1. The molecule has 1 aromatic carbocycles. The van der Waals surface area contributed by atoms with Crippen LogP contribution >= 0.6 is 0 Å². The summed E-state index contributed by atoms with van der Waals surface area (Å²) in [7, 11) is -4.03. The second-order valence-electron chi connectivity index (χ2n) is 4.70. The molecule has 21 heavy (non-hydrogen) atoms. The summed E-state index contributed by atoms with van der Waals surface area (Å²) < 4.78 is 24.7. The summed E-state index contributed by atoms with van der Waals surface area (Å²) in [5.41, 5.74) is 1.53. The highest BCUT2D eigenvalue weighted by molar-refractivity contribution is 7.89. The van der Waals surface area contributed by atoms with E-state index in [0.29, 0.717) is 13.1 Å². The second-order valence-corrected chi connectivity index (χ2v) is 6.33. The van der Waals surface area contributed by atoms with Crippen molar-refractivity contribution >= 4 is 21.4 Å². The molecule has 0 atom stereocenters. The molecule has 116 valence electrons. The van der Waals surface area contributed by atoms with Crippen molar-refractivity contribution in [3.63, 3.8) is 0 Å². The van der Waals surface area contributed by atoms with E-state index in [1.54, 1.807) is 5.01 Å². The first-order valence-electron chi connectivity index (χ1n) is 6.47. The minimum atomic E-state index is -4.03. The van der Waals surface area contributed by atoms with E-state index >= 15 is 0 Å². The van der Waals surface area contributed by atoms with Crippen LogP contribution in [-0.4, -0.2) is 31.4 Å². The summed E-state index contributed by atoms with van der Waals surface area (Å²) in [5.74, 6) is 5.20. The third-order valence-electron chi connectivity index (χ3n) is 3.23. The average molecular weight is 315 g/mol. The molecule has 10 heteroatoms. The van der Waals surface area contributed by atoms with Crippen LogP contribution < -0.4 is 16.1 Å². The Balaban J connectivity index is 2.37. The molecule has 9 nitrogen and oxygen atoms in total. The number of rotatable bonds is 5. The zero-order chi connectivity index (χ0) is 15.5. The third kappa shape index (κ3) is 3.47. The second kappa shape index (κ2) is 6.35. The molecule has 0 aromatic heterocycles. The fraction of sp³-hybridized carbons (Fsp3) is 0.455. The number of nitrogens with one attached hydrogen (secondary N) is 2. The highest BCUT2D eigenvalue weighted by atomic mass is 32.2. The standard InChI is InChI=1S/C11H17N5O4S/c12-13-9-5-4-6-10(11(9)16(17)18)21(19,20)14-15-7-2-1-3-8-15/h4-6,13-14H,1-3,7-8,12H2. The van der Waals surface area contributed by atoms with E-state index in [4.69, 9.17) is 5.84 Å². The lowest BCUT2D eigenvalue weighted by molar-refractivity contribution is -0.386. The molecule has 0 unspecified atom stereocenters. The fourth-order valence-electron chi connectivity index (χ4n) is 2.25. The number of nitrogens with zero attached hydrogens (tertiary/aromatic N) is 2. The molecule has 0 bridgehead atoms. The van der Waals surface area contributed by atoms with Gasteiger partial charge in [0.1, 0.15) is 5.69 Å². The van der Waals surface area contributed by atoms with Crippen molar-refractivity contribution in [1.82, 2.24) is 9.84 Å². The number of benzene rings is 1. The zero-order valence-corrected chi connectivity index (χ0v) is 12.1. The Kier molecular flexibility index (Phi) is 4.73. The van der Waals surface area contributed by atoms with Gasteiger partial charge in [-0.25, -0.2) is 13.4 Å². The van der Waals surface area contributed by atoms with Crippen molar-refractivity contribution in [2.24, 2.45) is 5.84 Å². The summed E-state index contributed by atoms with van der Waals surface area (Å²) in [5, 5.41) is 12.7. The summed E-state index contributed by atoms with van der Waals surface area (Å²) in [6.07, 6.45) is 2.81. The van der Waals surface area contributed by atoms with Gasteiger partial charge < -0.3 is 5.43 Å². The smallest absolute Gasteiger partial charge is 0.313 e. The number of nitrogen functional groups attached to an aromatic ring is 1. The van der Waals surface area contributed by atoms with Crippen molar-refractivity contribution < 1.29 is 13.3 Å². The predicted molar refractivity (Wildman–Crippen MR) is 76.7 cm³/mol. The van der Waals surface area contributed by atoms with E-state index < -0.39 is 25.5 Å². The quantitative estimate of drug-likeness (QED) is 0.411. The number of hydrogen-bond acceptors (Lipinski definition) is 7. The number of hydrazine groups is 2. The number of hydrogen-bond donors (Lipinski definition) is 3. The Morgan fingerprint density at radius 2 is 1.90 bits per heavy atom. The van der Waals surface area contributed by atoms with Gasteiger partial charge in [0.05, 0.1) is 4.92 Å². The number of nitro groups is 1. The minimum absolute atomic E-state index is 0.0541. The van der Waals surface area contributed by atoms with E-state index in [0.717, 1.165) is 19.3 Å². The summed E-state index contributed by atoms with van der Waals surface area (Å²) in [6.45, 7) is 1.17. The summed E-state index contributed by atoms with van der Waals surface area (Å²) >= 11 is 0. The Bertz CT molecular complexity index is 628. The van der Waals surface area contributed by atoms with Gasteiger partial charge in [0.2, 0.25) is 0 Å². The van der Waals surface area contributed by atoms with Crippen molar-refractivity contribution in [2.45, 2.75) is 24.2 Å². The summed E-state index contributed by atoms with van der Waals surface area (Å²) in [6, 6.07) is 3.93. The Labute approximate surface area is 122 Å². The van der Waals surface area contributed by atoms with Crippen LogP contribution in [-0.2, 0) is 10.0 Å². The normalized spacial score (nSPS) is 16.6. The molecule has 1 aliphatic heterocycles. The van der Waals surface area contributed by atoms with Gasteiger partial charge in [-0.05, 0) is 25.0 Å². The Morgan fingerprint density at radius 3 is 2.48 bits per heavy atom. The third-order valence-corrected chi connectivity index (χ3v) is 4.64. The Morgan fingerprint density at radius 1 is 1.24 bits per heavy atom. The molecule has 0 spiro atoms. The van der Waals surface area contributed by atoms with E-state index in [1.807, 2.05) is 0 Å². The van der Waals surface area contributed by atoms with Crippen LogP contribution in [0.2, 0.25) is 0 Å². The molecule has 1 aromatic rings. The molecule has 1 saturated heterocycles. The minimum Gasteiger partial charge on any atom is -0.318 e. The van der Waals surface area contributed by atoms with Gasteiger partial charge in [0.15, 0.2) is 4.90 Å². The largest absolute Gasteiger partial charge is 0.318 e. The van der Waals surface area contributed by atoms with Crippen molar-refractivity contribution in [3.8, 4) is 0 Å². The first-order valence-corrected chi connectivity index (χ1v) is 7.95. The van der Waals surface area contributed by atoms with Crippen molar-refractivity contribution in [3.05, 3.63) is 28.3 Å². The van der Waals surface area contributed by atoms with Crippen LogP contribution in [0.3, 0.4) is 0 Å². The molecule has 0 saturated carbocycles. The molecule has 0 radical (unpaired) electrons. The molecule has 1 fully saturated rings. The van der Waals surface area contributed by atoms with Crippen LogP contribution in [0.1, 0.15) is 19.3 Å². The van der Waals surface area contributed by atoms with E-state index in [1.165, 1.54) is 18.2 Å². The van der Waals surface area contributed by atoms with Gasteiger partial charge in [0.25, 0.3) is 10.0 Å². The number of piperidine rings is 1. The monoisotopic (exact) mass is 315 g/mol. The molecule has 0 amide bonds. The number of nitrogens with two attached hydrogens (primary N) is 1. The molecule has 2 rings (SSSR count). The van der Waals surface area contributed by atoms with Crippen molar-refractivity contribution in [1.29, 1.82) is 0 Å². The highest BCUT2D eigenvalue weighted by Gasteiger charge is 2.30. The van der Waals surface area contributed by atoms with E-state index in [2.05, 4.69) is 10.3 Å². The maximum atomic E-state index is 12.4. The van der Waals surface area contributed by atoms with Crippen LogP contribution in [0, 0.1) is 10.1 Å². The number of nitro benzene ring substituents is 1. The van der Waals surface area contributed by atoms with Gasteiger partial charge in [-0.2, -0.15) is 0 Å².